The van der Waals surface area contributed by atoms with Crippen LogP contribution in [-0.2, 0) is 22.3 Å². The molecule has 0 spiro atoms. The third kappa shape index (κ3) is 4.74. The number of nitrogens with one attached hydrogen (secondary N) is 2. The second kappa shape index (κ2) is 7.37. The summed E-state index contributed by atoms with van der Waals surface area (Å²) in [4.78, 5) is 10.3. The molecule has 0 aromatic heterocycles. The van der Waals surface area contributed by atoms with Crippen molar-refractivity contribution in [3.05, 3.63) is 69.5 Å². The summed E-state index contributed by atoms with van der Waals surface area (Å²) in [5, 5.41) is 13.8. The lowest BCUT2D eigenvalue weighted by molar-refractivity contribution is -0.384. The average molecular weight is 353 g/mol. The Morgan fingerprint density at radius 3 is 2.33 bits per heavy atom. The Morgan fingerprint density at radius 2 is 1.75 bits per heavy atom. The van der Waals surface area contributed by atoms with Gasteiger partial charge in [0.15, 0.2) is 0 Å². The van der Waals surface area contributed by atoms with Crippen molar-refractivity contribution in [3.8, 4) is 0 Å². The number of halogens is 1. The van der Waals surface area contributed by atoms with Gasteiger partial charge in [-0.2, -0.15) is 0 Å². The summed E-state index contributed by atoms with van der Waals surface area (Å²) >= 11 is 0. The molecule has 9 heteroatoms. The Bertz CT molecular complexity index is 838. The average Bonchev–Trinajstić information content (AvgIpc) is 2.54. The minimum absolute atomic E-state index is 0.124. The van der Waals surface area contributed by atoms with Crippen LogP contribution in [-0.4, -0.2) is 20.4 Å². The minimum atomic E-state index is -3.34. The van der Waals surface area contributed by atoms with Crippen LogP contribution in [0.25, 0.3) is 0 Å². The summed E-state index contributed by atoms with van der Waals surface area (Å²) in [6.45, 7) is 0.283. The SMILES string of the molecule is CNS(=O)(=O)Cc1ccc(CNc2ccc(F)cc2[N+](=O)[O-])cc1. The molecular weight excluding hydrogens is 337 g/mol. The van der Waals surface area contributed by atoms with Crippen LogP contribution in [0.1, 0.15) is 11.1 Å². The van der Waals surface area contributed by atoms with E-state index in [2.05, 4.69) is 10.0 Å². The standard InChI is InChI=1S/C15H16FN3O4S/c1-17-24(22,23)10-12-4-2-11(3-5-12)9-18-14-7-6-13(16)8-15(14)19(20)21/h2-8,17-18H,9-10H2,1H3. The number of benzene rings is 2. The van der Waals surface area contributed by atoms with Gasteiger partial charge in [-0.25, -0.2) is 17.5 Å². The molecule has 2 N–H and O–H groups in total. The van der Waals surface area contributed by atoms with Crippen molar-refractivity contribution < 1.29 is 17.7 Å². The largest absolute Gasteiger partial charge is 0.375 e. The van der Waals surface area contributed by atoms with E-state index < -0.39 is 20.8 Å². The monoisotopic (exact) mass is 353 g/mol. The molecule has 7 nitrogen and oxygen atoms in total. The quantitative estimate of drug-likeness (QED) is 0.588. The van der Waals surface area contributed by atoms with Gasteiger partial charge in [-0.05, 0) is 30.3 Å². The van der Waals surface area contributed by atoms with Gasteiger partial charge >= 0.3 is 0 Å². The zero-order valence-electron chi connectivity index (χ0n) is 12.8. The summed E-state index contributed by atoms with van der Waals surface area (Å²) in [7, 11) is -1.99. The number of rotatable bonds is 7. The maximum atomic E-state index is 13.1. The van der Waals surface area contributed by atoms with E-state index in [1.807, 2.05) is 0 Å². The fourth-order valence-electron chi connectivity index (χ4n) is 2.05. The normalized spacial score (nSPS) is 11.2. The first-order chi connectivity index (χ1) is 11.3. The molecule has 128 valence electrons. The molecule has 0 saturated heterocycles. The molecule has 0 aliphatic carbocycles. The van der Waals surface area contributed by atoms with Gasteiger partial charge in [0.1, 0.15) is 11.5 Å². The Kier molecular flexibility index (Phi) is 5.47. The number of hydrogen-bond donors (Lipinski definition) is 2. The third-order valence-electron chi connectivity index (χ3n) is 3.33. The zero-order valence-corrected chi connectivity index (χ0v) is 13.6. The summed E-state index contributed by atoms with van der Waals surface area (Å²) in [6, 6.07) is 10.1. The topological polar surface area (TPSA) is 101 Å². The highest BCUT2D eigenvalue weighted by molar-refractivity contribution is 7.88. The van der Waals surface area contributed by atoms with E-state index in [4.69, 9.17) is 0 Å². The fraction of sp³-hybridized carbons (Fsp3) is 0.200. The van der Waals surface area contributed by atoms with E-state index in [0.717, 1.165) is 17.7 Å². The highest BCUT2D eigenvalue weighted by atomic mass is 32.2. The molecule has 2 aromatic rings. The smallest absolute Gasteiger partial charge is 0.295 e. The van der Waals surface area contributed by atoms with Gasteiger partial charge < -0.3 is 5.32 Å². The van der Waals surface area contributed by atoms with Crippen molar-refractivity contribution in [1.82, 2.24) is 4.72 Å². The molecular formula is C15H16FN3O4S. The van der Waals surface area contributed by atoms with Crippen molar-refractivity contribution in [1.29, 1.82) is 0 Å². The van der Waals surface area contributed by atoms with E-state index in [9.17, 15) is 22.9 Å². The van der Waals surface area contributed by atoms with Crippen molar-refractivity contribution in [3.63, 3.8) is 0 Å². The van der Waals surface area contributed by atoms with Gasteiger partial charge in [-0.15, -0.1) is 0 Å². The summed E-state index contributed by atoms with van der Waals surface area (Å²) in [6.07, 6.45) is 0. The molecule has 0 amide bonds. The second-order valence-electron chi connectivity index (χ2n) is 5.05. The predicted octanol–water partition coefficient (Wildman–Crippen LogP) is 2.40. The summed E-state index contributed by atoms with van der Waals surface area (Å²) in [5.41, 5.74) is 1.30. The molecule has 0 atom stereocenters. The van der Waals surface area contributed by atoms with Crippen LogP contribution in [0.4, 0.5) is 15.8 Å². The van der Waals surface area contributed by atoms with Gasteiger partial charge in [0.2, 0.25) is 10.0 Å². The molecule has 0 radical (unpaired) electrons. The van der Waals surface area contributed by atoms with Crippen molar-refractivity contribution in [2.45, 2.75) is 12.3 Å². The van der Waals surface area contributed by atoms with Gasteiger partial charge in [0.25, 0.3) is 5.69 Å². The first-order valence-electron chi connectivity index (χ1n) is 6.97. The molecule has 0 aliphatic rings. The van der Waals surface area contributed by atoms with Crippen LogP contribution in [0.15, 0.2) is 42.5 Å². The number of hydrogen-bond acceptors (Lipinski definition) is 5. The van der Waals surface area contributed by atoms with Crippen molar-refractivity contribution >= 4 is 21.4 Å². The first kappa shape index (κ1) is 17.8. The zero-order chi connectivity index (χ0) is 17.7. The molecule has 2 rings (SSSR count). The van der Waals surface area contributed by atoms with Gasteiger partial charge in [0.05, 0.1) is 16.7 Å². The Balaban J connectivity index is 2.07. The molecule has 0 saturated carbocycles. The minimum Gasteiger partial charge on any atom is -0.375 e. The lowest BCUT2D eigenvalue weighted by atomic mass is 10.1. The second-order valence-corrected chi connectivity index (χ2v) is 6.98. The van der Waals surface area contributed by atoms with Crippen LogP contribution >= 0.6 is 0 Å². The van der Waals surface area contributed by atoms with Crippen LogP contribution < -0.4 is 10.0 Å². The number of sulfonamides is 1. The third-order valence-corrected chi connectivity index (χ3v) is 4.67. The molecule has 0 unspecified atom stereocenters. The number of nitro benzene ring substituents is 1. The van der Waals surface area contributed by atoms with Gasteiger partial charge in [-0.3, -0.25) is 10.1 Å². The Hall–Kier alpha value is -2.52. The number of anilines is 1. The van der Waals surface area contributed by atoms with E-state index in [-0.39, 0.29) is 23.7 Å². The van der Waals surface area contributed by atoms with E-state index in [0.29, 0.717) is 5.56 Å². The number of nitrogens with zero attached hydrogens (tertiary/aromatic N) is 1. The lowest BCUT2D eigenvalue weighted by Gasteiger charge is -2.08. The lowest BCUT2D eigenvalue weighted by Crippen LogP contribution is -2.20. The summed E-state index contributed by atoms with van der Waals surface area (Å²) < 4.78 is 38.3. The fourth-order valence-corrected chi connectivity index (χ4v) is 2.82. The number of nitro groups is 1. The van der Waals surface area contributed by atoms with Crippen molar-refractivity contribution in [2.75, 3.05) is 12.4 Å². The predicted molar refractivity (Wildman–Crippen MR) is 88.5 cm³/mol. The van der Waals surface area contributed by atoms with Gasteiger partial charge in [-0.1, -0.05) is 24.3 Å². The Labute approximate surface area is 138 Å². The van der Waals surface area contributed by atoms with Crippen LogP contribution in [0.2, 0.25) is 0 Å². The highest BCUT2D eigenvalue weighted by Gasteiger charge is 2.14. The highest BCUT2D eigenvalue weighted by Crippen LogP contribution is 2.25. The molecule has 0 fully saturated rings. The van der Waals surface area contributed by atoms with E-state index >= 15 is 0 Å². The van der Waals surface area contributed by atoms with Crippen LogP contribution in [0.5, 0.6) is 0 Å². The Morgan fingerprint density at radius 1 is 1.12 bits per heavy atom. The first-order valence-corrected chi connectivity index (χ1v) is 8.63. The molecule has 24 heavy (non-hydrogen) atoms. The van der Waals surface area contributed by atoms with Gasteiger partial charge in [0, 0.05) is 6.54 Å². The van der Waals surface area contributed by atoms with E-state index in [1.165, 1.54) is 13.1 Å². The maximum Gasteiger partial charge on any atom is 0.295 e. The molecule has 2 aromatic carbocycles. The van der Waals surface area contributed by atoms with Crippen molar-refractivity contribution in [2.24, 2.45) is 0 Å². The maximum absolute atomic E-state index is 13.1. The molecule has 0 aliphatic heterocycles. The molecule has 0 heterocycles. The molecule has 0 bridgehead atoms. The van der Waals surface area contributed by atoms with Crippen LogP contribution in [0, 0.1) is 15.9 Å². The summed E-state index contributed by atoms with van der Waals surface area (Å²) in [5.74, 6) is -0.803. The van der Waals surface area contributed by atoms with Crippen LogP contribution in [0.3, 0.4) is 0 Å². The van der Waals surface area contributed by atoms with E-state index in [1.54, 1.807) is 24.3 Å².